The van der Waals surface area contributed by atoms with E-state index in [4.69, 9.17) is 5.26 Å². The zero-order valence-corrected chi connectivity index (χ0v) is 12.4. The number of rotatable bonds is 3. The van der Waals surface area contributed by atoms with Gasteiger partial charge in [0.2, 0.25) is 0 Å². The fourth-order valence-corrected chi connectivity index (χ4v) is 3.98. The van der Waals surface area contributed by atoms with Crippen LogP contribution in [0.1, 0.15) is 24.1 Å². The van der Waals surface area contributed by atoms with Crippen LogP contribution in [0.25, 0.3) is 11.1 Å². The summed E-state index contributed by atoms with van der Waals surface area (Å²) in [5.74, 6) is 0. The normalized spacial score (nSPS) is 14.7. The summed E-state index contributed by atoms with van der Waals surface area (Å²) in [5.41, 5.74) is 2.72. The van der Waals surface area contributed by atoms with Crippen LogP contribution in [0.4, 0.5) is 0 Å². The van der Waals surface area contributed by atoms with Gasteiger partial charge in [-0.2, -0.15) is 5.26 Å². The standard InChI is InChI=1S/C16H14N2O2S/c1-11-2-4-12(5-3-11)13-8-16(15(9-17)18-10-13)21(19,20)14-6-7-14/h2-5,8,10,14H,6-7H2,1H3. The van der Waals surface area contributed by atoms with Crippen LogP contribution in [0.15, 0.2) is 41.4 Å². The van der Waals surface area contributed by atoms with Gasteiger partial charge < -0.3 is 0 Å². The zero-order valence-electron chi connectivity index (χ0n) is 11.6. The summed E-state index contributed by atoms with van der Waals surface area (Å²) in [6, 6.07) is 11.2. The Morgan fingerprint density at radius 3 is 2.43 bits per heavy atom. The molecule has 0 N–H and O–H groups in total. The Morgan fingerprint density at radius 1 is 1.19 bits per heavy atom. The van der Waals surface area contributed by atoms with Crippen molar-refractivity contribution in [2.24, 2.45) is 0 Å². The Balaban J connectivity index is 2.13. The second-order valence-electron chi connectivity index (χ2n) is 5.29. The van der Waals surface area contributed by atoms with Crippen LogP contribution in [0.5, 0.6) is 0 Å². The van der Waals surface area contributed by atoms with Crippen LogP contribution < -0.4 is 0 Å². The van der Waals surface area contributed by atoms with Crippen molar-refractivity contribution in [1.29, 1.82) is 5.26 Å². The quantitative estimate of drug-likeness (QED) is 0.873. The van der Waals surface area contributed by atoms with Crippen LogP contribution in [-0.4, -0.2) is 18.7 Å². The summed E-state index contributed by atoms with van der Waals surface area (Å²) < 4.78 is 24.8. The maximum Gasteiger partial charge on any atom is 0.184 e. The van der Waals surface area contributed by atoms with E-state index in [1.807, 2.05) is 37.3 Å². The van der Waals surface area contributed by atoms with Gasteiger partial charge in [-0.3, -0.25) is 0 Å². The Kier molecular flexibility index (Phi) is 3.26. The van der Waals surface area contributed by atoms with E-state index in [2.05, 4.69) is 4.98 Å². The van der Waals surface area contributed by atoms with Crippen LogP contribution in [0.2, 0.25) is 0 Å². The number of benzene rings is 1. The number of hydrogen-bond acceptors (Lipinski definition) is 4. The molecule has 0 radical (unpaired) electrons. The van der Waals surface area contributed by atoms with Crippen molar-refractivity contribution in [2.45, 2.75) is 29.9 Å². The lowest BCUT2D eigenvalue weighted by atomic mass is 10.1. The molecule has 1 aromatic heterocycles. The molecule has 1 aliphatic carbocycles. The number of nitrogens with zero attached hydrogens (tertiary/aromatic N) is 2. The molecule has 106 valence electrons. The smallest absolute Gasteiger partial charge is 0.184 e. The number of aryl methyl sites for hydroxylation is 1. The first kappa shape index (κ1) is 13.8. The van der Waals surface area contributed by atoms with Crippen LogP contribution in [0.3, 0.4) is 0 Å². The Morgan fingerprint density at radius 2 is 1.86 bits per heavy atom. The maximum absolute atomic E-state index is 12.4. The van der Waals surface area contributed by atoms with E-state index >= 15 is 0 Å². The van der Waals surface area contributed by atoms with Gasteiger partial charge >= 0.3 is 0 Å². The molecule has 21 heavy (non-hydrogen) atoms. The highest BCUT2D eigenvalue weighted by Gasteiger charge is 2.38. The second-order valence-corrected chi connectivity index (χ2v) is 7.49. The maximum atomic E-state index is 12.4. The van der Waals surface area contributed by atoms with Gasteiger partial charge in [-0.1, -0.05) is 29.8 Å². The van der Waals surface area contributed by atoms with E-state index in [0.717, 1.165) is 11.1 Å². The van der Waals surface area contributed by atoms with Gasteiger partial charge in [0.1, 0.15) is 11.0 Å². The molecule has 1 heterocycles. The molecule has 0 aliphatic heterocycles. The Labute approximate surface area is 124 Å². The predicted molar refractivity (Wildman–Crippen MR) is 79.3 cm³/mol. The van der Waals surface area contributed by atoms with E-state index in [1.165, 1.54) is 0 Å². The molecule has 0 amide bonds. The highest BCUT2D eigenvalue weighted by molar-refractivity contribution is 7.92. The molecule has 1 aliphatic rings. The molecule has 0 unspecified atom stereocenters. The number of aromatic nitrogens is 1. The van der Waals surface area contributed by atoms with Gasteiger partial charge in [-0.05, 0) is 31.4 Å². The lowest BCUT2D eigenvalue weighted by Crippen LogP contribution is -2.10. The first-order valence-corrected chi connectivity index (χ1v) is 8.28. The Bertz CT molecular complexity index is 830. The zero-order chi connectivity index (χ0) is 15.0. The molecule has 1 saturated carbocycles. The molecular formula is C16H14N2O2S. The van der Waals surface area contributed by atoms with Crippen molar-refractivity contribution in [3.63, 3.8) is 0 Å². The molecule has 0 saturated heterocycles. The molecule has 0 bridgehead atoms. The molecule has 5 heteroatoms. The van der Waals surface area contributed by atoms with E-state index < -0.39 is 9.84 Å². The summed E-state index contributed by atoms with van der Waals surface area (Å²) in [4.78, 5) is 4.09. The first-order chi connectivity index (χ1) is 10.0. The Hall–Kier alpha value is -2.19. The van der Waals surface area contributed by atoms with Crippen LogP contribution >= 0.6 is 0 Å². The summed E-state index contributed by atoms with van der Waals surface area (Å²) >= 11 is 0. The summed E-state index contributed by atoms with van der Waals surface area (Å²) in [5, 5.41) is 8.76. The van der Waals surface area contributed by atoms with Gasteiger partial charge in [0.05, 0.1) is 5.25 Å². The van der Waals surface area contributed by atoms with Crippen molar-refractivity contribution < 1.29 is 8.42 Å². The molecular weight excluding hydrogens is 284 g/mol. The van der Waals surface area contributed by atoms with Crippen molar-refractivity contribution in [1.82, 2.24) is 4.98 Å². The topological polar surface area (TPSA) is 70.8 Å². The van der Waals surface area contributed by atoms with E-state index in [0.29, 0.717) is 18.4 Å². The first-order valence-electron chi connectivity index (χ1n) is 6.73. The number of hydrogen-bond donors (Lipinski definition) is 0. The third-order valence-electron chi connectivity index (χ3n) is 3.61. The lowest BCUT2D eigenvalue weighted by molar-refractivity contribution is 0.594. The predicted octanol–water partition coefficient (Wildman–Crippen LogP) is 2.86. The molecule has 1 fully saturated rings. The lowest BCUT2D eigenvalue weighted by Gasteiger charge is -2.08. The fraction of sp³-hybridized carbons (Fsp3) is 0.250. The molecule has 4 nitrogen and oxygen atoms in total. The van der Waals surface area contributed by atoms with Gasteiger partial charge in [0.15, 0.2) is 15.5 Å². The van der Waals surface area contributed by atoms with Gasteiger partial charge in [-0.25, -0.2) is 13.4 Å². The van der Waals surface area contributed by atoms with Crippen LogP contribution in [0, 0.1) is 18.3 Å². The van der Waals surface area contributed by atoms with E-state index in [-0.39, 0.29) is 15.8 Å². The van der Waals surface area contributed by atoms with Gasteiger partial charge in [0.25, 0.3) is 0 Å². The highest BCUT2D eigenvalue weighted by Crippen LogP contribution is 2.35. The number of pyridine rings is 1. The average Bonchev–Trinajstić information content (AvgIpc) is 3.32. The van der Waals surface area contributed by atoms with Gasteiger partial charge in [0, 0.05) is 11.8 Å². The third-order valence-corrected chi connectivity index (χ3v) is 5.89. The van der Waals surface area contributed by atoms with Crippen molar-refractivity contribution >= 4 is 9.84 Å². The van der Waals surface area contributed by atoms with Gasteiger partial charge in [-0.15, -0.1) is 0 Å². The second kappa shape index (κ2) is 4.97. The minimum Gasteiger partial charge on any atom is -0.244 e. The number of nitriles is 1. The molecule has 0 atom stereocenters. The molecule has 2 aromatic rings. The monoisotopic (exact) mass is 298 g/mol. The summed E-state index contributed by atoms with van der Waals surface area (Å²) in [6.45, 7) is 1.99. The van der Waals surface area contributed by atoms with E-state index in [9.17, 15) is 8.42 Å². The number of sulfone groups is 1. The largest absolute Gasteiger partial charge is 0.244 e. The summed E-state index contributed by atoms with van der Waals surface area (Å²) in [6.07, 6.45) is 2.89. The highest BCUT2D eigenvalue weighted by atomic mass is 32.2. The van der Waals surface area contributed by atoms with Crippen molar-refractivity contribution in [3.8, 4) is 17.2 Å². The summed E-state index contributed by atoms with van der Waals surface area (Å²) in [7, 11) is -3.43. The van der Waals surface area contributed by atoms with E-state index in [1.54, 1.807) is 12.3 Å². The SMILES string of the molecule is Cc1ccc(-c2cnc(C#N)c(S(=O)(=O)C3CC3)c2)cc1. The average molecular weight is 298 g/mol. The van der Waals surface area contributed by atoms with Crippen molar-refractivity contribution in [3.05, 3.63) is 47.8 Å². The van der Waals surface area contributed by atoms with Crippen molar-refractivity contribution in [2.75, 3.05) is 0 Å². The van der Waals surface area contributed by atoms with Crippen LogP contribution in [-0.2, 0) is 9.84 Å². The third kappa shape index (κ3) is 2.55. The fourth-order valence-electron chi connectivity index (χ4n) is 2.21. The minimum atomic E-state index is -3.43. The molecule has 1 aromatic carbocycles. The molecule has 0 spiro atoms. The molecule has 3 rings (SSSR count). The minimum absolute atomic E-state index is 0.0160.